The van der Waals surface area contributed by atoms with Crippen molar-refractivity contribution >= 4 is 17.5 Å². The number of carbonyl (C=O) groups excluding carboxylic acids is 1. The molecule has 84 valence electrons. The number of alkyl halides is 1. The summed E-state index contributed by atoms with van der Waals surface area (Å²) in [6.07, 6.45) is 2.38. The first-order valence-electron chi connectivity index (χ1n) is 5.10. The summed E-state index contributed by atoms with van der Waals surface area (Å²) < 4.78 is 5.16. The highest BCUT2D eigenvalue weighted by molar-refractivity contribution is 6.17. The highest BCUT2D eigenvalue weighted by atomic mass is 35.5. The Kier molecular flexibility index (Phi) is 9.10. The van der Waals surface area contributed by atoms with Gasteiger partial charge in [0.2, 0.25) is 5.91 Å². The molecule has 0 rings (SSSR count). The zero-order chi connectivity index (χ0) is 10.8. The molecule has 0 heterocycles. The maximum absolute atomic E-state index is 11.4. The molecule has 0 aromatic carbocycles. The van der Waals surface area contributed by atoms with Crippen molar-refractivity contribution in [2.75, 3.05) is 32.7 Å². The largest absolute Gasteiger partial charge is 0.380 e. The number of rotatable bonds is 8. The molecule has 1 amide bonds. The minimum Gasteiger partial charge on any atom is -0.380 e. The number of nitrogens with zero attached hydrogens (tertiary/aromatic N) is 1. The molecule has 0 saturated heterocycles. The zero-order valence-electron chi connectivity index (χ0n) is 9.09. The minimum atomic E-state index is 0.176. The van der Waals surface area contributed by atoms with Gasteiger partial charge in [0.25, 0.3) is 0 Å². The molecule has 0 bridgehead atoms. The third-order valence-electron chi connectivity index (χ3n) is 1.98. The van der Waals surface area contributed by atoms with Gasteiger partial charge in [-0.3, -0.25) is 4.79 Å². The van der Waals surface area contributed by atoms with E-state index in [0.29, 0.717) is 32.1 Å². The summed E-state index contributed by atoms with van der Waals surface area (Å²) >= 11 is 5.52. The normalized spacial score (nSPS) is 10.2. The Hall–Kier alpha value is -0.280. The third-order valence-corrected chi connectivity index (χ3v) is 2.24. The van der Waals surface area contributed by atoms with E-state index in [1.165, 1.54) is 0 Å². The number of unbranched alkanes of at least 4 members (excludes halogenated alkanes) is 1. The van der Waals surface area contributed by atoms with Crippen molar-refractivity contribution in [3.8, 4) is 0 Å². The quantitative estimate of drug-likeness (QED) is 0.463. The van der Waals surface area contributed by atoms with Crippen LogP contribution in [0.4, 0.5) is 0 Å². The molecule has 0 atom stereocenters. The Morgan fingerprint density at radius 1 is 1.43 bits per heavy atom. The van der Waals surface area contributed by atoms with Gasteiger partial charge >= 0.3 is 0 Å². The SMILES string of the molecule is CCOCCN(C)C(=O)CCCCCl. The fraction of sp³-hybridized carbons (Fsp3) is 0.900. The van der Waals surface area contributed by atoms with E-state index in [-0.39, 0.29) is 5.91 Å². The van der Waals surface area contributed by atoms with Gasteiger partial charge in [-0.2, -0.15) is 0 Å². The standard InChI is InChI=1S/C10H20ClNO2/c1-3-14-9-8-12(2)10(13)6-4-5-7-11/h3-9H2,1-2H3. The van der Waals surface area contributed by atoms with Crippen LogP contribution in [0.25, 0.3) is 0 Å². The van der Waals surface area contributed by atoms with Crippen LogP contribution >= 0.6 is 11.6 Å². The first kappa shape index (κ1) is 13.7. The second kappa shape index (κ2) is 9.28. The summed E-state index contributed by atoms with van der Waals surface area (Å²) in [7, 11) is 1.81. The maximum atomic E-state index is 11.4. The molecule has 0 spiro atoms. The molecule has 0 unspecified atom stereocenters. The molecule has 0 fully saturated rings. The first-order chi connectivity index (χ1) is 6.72. The molecule has 0 saturated carbocycles. The number of halogens is 1. The highest BCUT2D eigenvalue weighted by Crippen LogP contribution is 2.00. The molecule has 0 aliphatic rings. The average Bonchev–Trinajstić information content (AvgIpc) is 2.18. The van der Waals surface area contributed by atoms with Crippen LogP contribution in [0.1, 0.15) is 26.2 Å². The molecular weight excluding hydrogens is 202 g/mol. The Morgan fingerprint density at radius 2 is 2.14 bits per heavy atom. The van der Waals surface area contributed by atoms with Gasteiger partial charge < -0.3 is 9.64 Å². The van der Waals surface area contributed by atoms with Gasteiger partial charge in [0.05, 0.1) is 6.61 Å². The van der Waals surface area contributed by atoms with Crippen LogP contribution in [-0.4, -0.2) is 43.5 Å². The highest BCUT2D eigenvalue weighted by Gasteiger charge is 2.06. The molecule has 0 aliphatic heterocycles. The Morgan fingerprint density at radius 3 is 2.71 bits per heavy atom. The molecule has 4 heteroatoms. The van der Waals surface area contributed by atoms with Crippen molar-refractivity contribution in [2.45, 2.75) is 26.2 Å². The molecule has 0 aliphatic carbocycles. The first-order valence-corrected chi connectivity index (χ1v) is 5.63. The number of amides is 1. The lowest BCUT2D eigenvalue weighted by molar-refractivity contribution is -0.130. The Balaban J connectivity index is 3.44. The summed E-state index contributed by atoms with van der Waals surface area (Å²) in [5, 5.41) is 0. The van der Waals surface area contributed by atoms with E-state index in [0.717, 1.165) is 12.8 Å². The van der Waals surface area contributed by atoms with E-state index >= 15 is 0 Å². The monoisotopic (exact) mass is 221 g/mol. The maximum Gasteiger partial charge on any atom is 0.222 e. The Labute approximate surface area is 91.4 Å². The van der Waals surface area contributed by atoms with Crippen LogP contribution in [0, 0.1) is 0 Å². The summed E-state index contributed by atoms with van der Waals surface area (Å²) in [5.74, 6) is 0.811. The lowest BCUT2D eigenvalue weighted by atomic mass is 10.2. The molecular formula is C10H20ClNO2. The van der Waals surface area contributed by atoms with Crippen molar-refractivity contribution < 1.29 is 9.53 Å². The lowest BCUT2D eigenvalue weighted by Gasteiger charge is -2.16. The van der Waals surface area contributed by atoms with Gasteiger partial charge in [0, 0.05) is 32.5 Å². The average molecular weight is 222 g/mol. The van der Waals surface area contributed by atoms with Crippen LogP contribution in [-0.2, 0) is 9.53 Å². The number of carbonyl (C=O) groups is 1. The van der Waals surface area contributed by atoms with Gasteiger partial charge in [-0.25, -0.2) is 0 Å². The van der Waals surface area contributed by atoms with Gasteiger partial charge in [-0.1, -0.05) is 0 Å². The van der Waals surface area contributed by atoms with Crippen LogP contribution in [0.3, 0.4) is 0 Å². The van der Waals surface area contributed by atoms with Crippen LogP contribution in [0.15, 0.2) is 0 Å². The number of hydrogen-bond donors (Lipinski definition) is 0. The topological polar surface area (TPSA) is 29.5 Å². The fourth-order valence-corrected chi connectivity index (χ4v) is 1.22. The minimum absolute atomic E-state index is 0.176. The van der Waals surface area contributed by atoms with Crippen molar-refractivity contribution in [2.24, 2.45) is 0 Å². The molecule has 14 heavy (non-hydrogen) atoms. The molecule has 0 aromatic rings. The number of hydrogen-bond acceptors (Lipinski definition) is 2. The summed E-state index contributed by atoms with van der Waals surface area (Å²) in [6.45, 7) is 3.94. The number of ether oxygens (including phenoxy) is 1. The van der Waals surface area contributed by atoms with Crippen molar-refractivity contribution in [3.05, 3.63) is 0 Å². The number of likely N-dealkylation sites (N-methyl/N-ethyl adjacent to an activating group) is 1. The third kappa shape index (κ3) is 7.15. The fourth-order valence-electron chi connectivity index (χ4n) is 1.03. The second-order valence-corrected chi connectivity index (χ2v) is 3.54. The van der Waals surface area contributed by atoms with E-state index in [9.17, 15) is 4.79 Å². The van der Waals surface area contributed by atoms with Crippen molar-refractivity contribution in [1.29, 1.82) is 0 Å². The van der Waals surface area contributed by atoms with Gasteiger partial charge in [-0.15, -0.1) is 11.6 Å². The van der Waals surface area contributed by atoms with Crippen LogP contribution < -0.4 is 0 Å². The van der Waals surface area contributed by atoms with E-state index < -0.39 is 0 Å². The van der Waals surface area contributed by atoms with Gasteiger partial charge in [0.15, 0.2) is 0 Å². The van der Waals surface area contributed by atoms with E-state index in [2.05, 4.69) is 0 Å². The van der Waals surface area contributed by atoms with E-state index in [1.807, 2.05) is 14.0 Å². The predicted molar refractivity (Wildman–Crippen MR) is 58.7 cm³/mol. The summed E-state index contributed by atoms with van der Waals surface area (Å²) in [4.78, 5) is 13.2. The van der Waals surface area contributed by atoms with Crippen molar-refractivity contribution in [3.63, 3.8) is 0 Å². The lowest BCUT2D eigenvalue weighted by Crippen LogP contribution is -2.29. The van der Waals surface area contributed by atoms with Gasteiger partial charge in [0.1, 0.15) is 0 Å². The molecule has 0 radical (unpaired) electrons. The molecule has 3 nitrogen and oxygen atoms in total. The van der Waals surface area contributed by atoms with Crippen LogP contribution in [0.2, 0.25) is 0 Å². The van der Waals surface area contributed by atoms with E-state index in [4.69, 9.17) is 16.3 Å². The van der Waals surface area contributed by atoms with Crippen molar-refractivity contribution in [1.82, 2.24) is 4.90 Å². The zero-order valence-corrected chi connectivity index (χ0v) is 9.85. The molecule has 0 aromatic heterocycles. The smallest absolute Gasteiger partial charge is 0.222 e. The predicted octanol–water partition coefficient (Wildman–Crippen LogP) is 1.89. The van der Waals surface area contributed by atoms with E-state index in [1.54, 1.807) is 4.90 Å². The second-order valence-electron chi connectivity index (χ2n) is 3.16. The Bertz CT molecular complexity index is 153. The van der Waals surface area contributed by atoms with Gasteiger partial charge in [-0.05, 0) is 19.8 Å². The molecule has 0 N–H and O–H groups in total. The summed E-state index contributed by atoms with van der Waals surface area (Å²) in [5.41, 5.74) is 0. The summed E-state index contributed by atoms with van der Waals surface area (Å²) in [6, 6.07) is 0. The van der Waals surface area contributed by atoms with Crippen LogP contribution in [0.5, 0.6) is 0 Å².